The van der Waals surface area contributed by atoms with E-state index in [2.05, 4.69) is 73.2 Å². The Morgan fingerprint density at radius 1 is 0.482 bits per heavy atom. The van der Waals surface area contributed by atoms with Gasteiger partial charge < -0.3 is 61.5 Å². The Kier molecular flexibility index (Phi) is 23.9. The minimum absolute atomic E-state index is 0.000764. The van der Waals surface area contributed by atoms with Crippen LogP contribution in [-0.4, -0.2) is 136 Å². The van der Waals surface area contributed by atoms with Crippen LogP contribution in [0.1, 0.15) is 156 Å². The molecule has 604 valence electrons. The summed E-state index contributed by atoms with van der Waals surface area (Å²) < 4.78 is 96.6. The lowest BCUT2D eigenvalue weighted by Gasteiger charge is -2.70. The molecule has 8 N–H and O–H groups in total. The Morgan fingerprint density at radius 2 is 0.904 bits per heavy atom. The van der Waals surface area contributed by atoms with E-state index in [4.69, 9.17) is 77.0 Å². The van der Waals surface area contributed by atoms with Gasteiger partial charge in [0.15, 0.2) is 31.4 Å². The number of nitrogens with zero attached hydrogens (tertiary/aromatic N) is 5. The van der Waals surface area contributed by atoms with Crippen LogP contribution in [-0.2, 0) is 25.1 Å². The van der Waals surface area contributed by atoms with Crippen LogP contribution in [0.25, 0.3) is 0 Å². The molecule has 12 aliphatic carbocycles. The Bertz CT molecular complexity index is 5010. The number of carbonyl (C=O) groups excluding carboxylic acids is 7. The van der Waals surface area contributed by atoms with Gasteiger partial charge in [-0.05, 0) is 200 Å². The van der Waals surface area contributed by atoms with E-state index in [0.29, 0.717) is 64.9 Å². The van der Waals surface area contributed by atoms with E-state index >= 15 is 0 Å². The van der Waals surface area contributed by atoms with Gasteiger partial charge in [-0.1, -0.05) is 64.9 Å². The number of thiazole rings is 1. The highest BCUT2D eigenvalue weighted by Crippen LogP contribution is 2.63. The zero-order valence-electron chi connectivity index (χ0n) is 61.9. The zero-order valence-corrected chi connectivity index (χ0v) is 68.1. The first-order valence-electron chi connectivity index (χ1n) is 36.2. The summed E-state index contributed by atoms with van der Waals surface area (Å²) >= 11 is 31.9. The van der Waals surface area contributed by atoms with Gasteiger partial charge in [-0.2, -0.15) is 17.5 Å². The number of halogens is 10. The van der Waals surface area contributed by atoms with Crippen LogP contribution in [0.2, 0.25) is 25.1 Å². The van der Waals surface area contributed by atoms with Crippen molar-refractivity contribution in [2.75, 3.05) is 31.7 Å². The number of aryl methyl sites for hydroxylation is 3. The first kappa shape index (κ1) is 83.2. The number of fused-ring (bicyclic) bond motifs is 3. The lowest BCUT2D eigenvalue weighted by atomic mass is 9.44. The number of rotatable bonds is 25. The fourth-order valence-corrected chi connectivity index (χ4v) is 19.2. The second-order valence-corrected chi connectivity index (χ2v) is 35.7. The number of hydrogen-bond acceptors (Lipinski definition) is 20. The van der Waals surface area contributed by atoms with Crippen LogP contribution in [0.4, 0.5) is 27.8 Å². The first-order valence-corrected chi connectivity index (χ1v) is 40.5. The largest absolute Gasteiger partial charge is 0.484 e. The van der Waals surface area contributed by atoms with Crippen molar-refractivity contribution in [2.45, 2.75) is 175 Å². The quantitative estimate of drug-likeness (QED) is 0.0247. The third kappa shape index (κ3) is 19.0. The minimum Gasteiger partial charge on any atom is -0.484 e. The van der Waals surface area contributed by atoms with Crippen LogP contribution in [0.3, 0.4) is 0 Å². The fraction of sp³-hybridized carbons (Fsp3) is 0.429. The van der Waals surface area contributed by atoms with Crippen molar-refractivity contribution < 1.29 is 74.5 Å². The molecule has 20 rings (SSSR count). The molecule has 12 saturated carbocycles. The number of alkyl halides is 2. The number of hydrogen-bond donors (Lipinski definition) is 8. The van der Waals surface area contributed by atoms with E-state index < -0.39 is 39.8 Å². The molecule has 0 aliphatic heterocycles. The first-order chi connectivity index (χ1) is 53.9. The van der Waals surface area contributed by atoms with E-state index in [1.165, 1.54) is 83.0 Å². The molecule has 0 spiro atoms. The van der Waals surface area contributed by atoms with Crippen LogP contribution in [0, 0.1) is 44.1 Å². The second-order valence-electron chi connectivity index (χ2n) is 31.0. The van der Waals surface area contributed by atoms with Gasteiger partial charge >= 0.3 is 0 Å². The average molecular weight is 1730 g/mol. The molecule has 0 saturated heterocycles. The molecule has 0 unspecified atom stereocenters. The molecule has 24 nitrogen and oxygen atoms in total. The summed E-state index contributed by atoms with van der Waals surface area (Å²) in [7, 11) is 0. The predicted molar refractivity (Wildman–Crippen MR) is 419 cm³/mol. The molecule has 8 aromatic rings. The van der Waals surface area contributed by atoms with Gasteiger partial charge in [0.2, 0.25) is 0 Å². The van der Waals surface area contributed by atoms with E-state index in [9.17, 15) is 55.5 Å². The maximum absolute atomic E-state index is 13.5. The van der Waals surface area contributed by atoms with E-state index in [-0.39, 0.29) is 145 Å². The van der Waals surface area contributed by atoms with Gasteiger partial charge in [0, 0.05) is 98.2 Å². The van der Waals surface area contributed by atoms with E-state index in [1.54, 1.807) is 30.6 Å². The van der Waals surface area contributed by atoms with Crippen molar-refractivity contribution in [3.63, 3.8) is 0 Å². The van der Waals surface area contributed by atoms with Crippen molar-refractivity contribution in [1.82, 2.24) is 60.9 Å². The summed E-state index contributed by atoms with van der Waals surface area (Å²) in [6, 6.07) is 20.5. The number of aromatic nitrogens is 5. The highest BCUT2D eigenvalue weighted by molar-refractivity contribution is 7.10. The second kappa shape index (κ2) is 32.7. The molecule has 4 heterocycles. The summed E-state index contributed by atoms with van der Waals surface area (Å²) in [4.78, 5) is 100. The molecular formula is C77H77Cl5F5N13O11S3. The Morgan fingerprint density at radius 3 is 1.31 bits per heavy atom. The fourth-order valence-electron chi connectivity index (χ4n) is 16.6. The van der Waals surface area contributed by atoms with Crippen molar-refractivity contribution in [1.29, 1.82) is 0 Å². The van der Waals surface area contributed by atoms with E-state index in [1.807, 2.05) is 26.8 Å². The third-order valence-electron chi connectivity index (χ3n) is 21.7. The monoisotopic (exact) mass is 1730 g/mol. The lowest BCUT2D eigenvalue weighted by molar-refractivity contribution is -0.142. The lowest BCUT2D eigenvalue weighted by Crippen LogP contribution is -2.84. The molecule has 1 atom stereocenters. The summed E-state index contributed by atoms with van der Waals surface area (Å²) in [6.07, 6.45) is 13.7. The molecule has 12 aliphatic rings. The number of amides is 7. The molecule has 7 amide bonds. The van der Waals surface area contributed by atoms with Crippen molar-refractivity contribution in [3.8, 4) is 23.0 Å². The highest BCUT2D eigenvalue weighted by Gasteiger charge is 2.71. The zero-order chi connectivity index (χ0) is 81.6. The van der Waals surface area contributed by atoms with Crippen molar-refractivity contribution in [2.24, 2.45) is 5.92 Å². The molecular weight excluding hydrogens is 1650 g/mol. The van der Waals surface area contributed by atoms with Crippen LogP contribution >= 0.6 is 92.4 Å². The molecule has 8 bridgehead atoms. The molecule has 37 heteroatoms. The predicted octanol–water partition coefficient (Wildman–Crippen LogP) is 14.1. The molecule has 4 aromatic heterocycles. The molecule has 4 aromatic carbocycles. The van der Waals surface area contributed by atoms with Crippen molar-refractivity contribution in [3.05, 3.63) is 183 Å². The summed E-state index contributed by atoms with van der Waals surface area (Å²) in [5, 5.41) is 26.3. The highest BCUT2D eigenvalue weighted by atomic mass is 35.5. The van der Waals surface area contributed by atoms with Gasteiger partial charge in [-0.3, -0.25) is 38.5 Å². The van der Waals surface area contributed by atoms with Crippen LogP contribution < -0.4 is 61.5 Å². The number of ether oxygens (including phenoxy) is 4. The smallest absolute Gasteiger partial charge is 0.296 e. The number of carbonyl (C=O) groups is 7. The van der Waals surface area contributed by atoms with Gasteiger partial charge in [-0.25, -0.2) is 23.1 Å². The van der Waals surface area contributed by atoms with E-state index in [0.717, 1.165) is 97.8 Å². The van der Waals surface area contributed by atoms with Gasteiger partial charge in [-0.15, -0.1) is 11.3 Å². The summed E-state index contributed by atoms with van der Waals surface area (Å²) in [6.45, 7) is 7.81. The van der Waals surface area contributed by atoms with Gasteiger partial charge in [0.25, 0.3) is 47.3 Å². The number of anilines is 1. The number of nitrogens with one attached hydrogen (secondary N) is 8. The Hall–Kier alpha value is -8.76. The maximum atomic E-state index is 13.5. The third-order valence-corrected chi connectivity index (χ3v) is 25.9. The SMILES string of the molecule is CC(F)(F)c1nc(C(=O)NC23CC(NC(=O)COc4ccc(Cl)c(Cl)c4)(C2)C3)cs1.Cc1cc(C(=O)NC23CC(NC(=O)COc4ccc(Cl)c(F)c4)(C2)C3)ns1.Cc1cc(C(=O)NC23CCC(NC(=O)COc4ccc(Cl)c(F)c4)(CC2)[C@@H](C)C3)sn1.Cc1nccnc1NC12CC(NC(=O)COc3ccc(Cl)c(F)c3)(C1)C2. The van der Waals surface area contributed by atoms with Crippen LogP contribution in [0.15, 0.2) is 103 Å². The van der Waals surface area contributed by atoms with Gasteiger partial charge in [0.1, 0.15) is 62.5 Å². The Labute approximate surface area is 688 Å². The van der Waals surface area contributed by atoms with Crippen LogP contribution in [0.5, 0.6) is 23.0 Å². The summed E-state index contributed by atoms with van der Waals surface area (Å²) in [5.74, 6) is -4.37. The van der Waals surface area contributed by atoms with Crippen molar-refractivity contribution >= 4 is 140 Å². The Balaban J connectivity index is 0.000000133. The minimum atomic E-state index is -3.08. The summed E-state index contributed by atoms with van der Waals surface area (Å²) in [5.41, 5.74) is 0.0814. The number of benzene rings is 4. The molecule has 114 heavy (non-hydrogen) atoms. The topological polar surface area (TPSA) is 317 Å². The standard InChI is InChI=1S/C22H25ClFN3O3S.C19H17Cl2F2N3O3S.C18H18ClFN4O2.C18H17ClFN3O3S/c1-13-11-21(26-20(29)18-9-14(2)27-31-18)5-7-22(13,8-6-21)25-19(28)12-30-15-3-4-16(23)17(24)10-15;1-17(22,23)16-24-13(6-30-16)15(28)26-19-7-18(8-19,9-19)25-14(27)5-29-10-2-3-11(20)12(21)4-10;1-11-16(22-5-4-21-11)24-18-8-17(9-18,10-18)23-15(25)7-26-12-2-3-13(19)14(20)6-12;1-10-4-14(23-27-10)16(25)22-18-7-17(8-18,9-18)21-15(24)6-26-11-2-3-12(19)13(20)5-11/h3-4,9-10,13H,5-8,11-12H2,1-2H3,(H,25,28)(H,26,29);2-4,6H,5,7-9H2,1H3,(H,25,27)(H,26,28);2-6H,7-10H2,1H3,(H,22,24)(H,23,25);2-5H,6-9H2,1H3,(H,21,24)(H,22,25)/t13-,21?,22?;;;/m0.../s1. The van der Waals surface area contributed by atoms with Gasteiger partial charge in [0.05, 0.1) is 36.5 Å². The maximum Gasteiger partial charge on any atom is 0.296 e. The molecule has 0 radical (unpaired) electrons. The molecule has 12 fully saturated rings. The average Bonchev–Trinajstić information content (AvgIpc) is 0.777. The normalized spacial score (nSPS) is 25.6.